The van der Waals surface area contributed by atoms with Gasteiger partial charge in [0.1, 0.15) is 0 Å². The predicted octanol–water partition coefficient (Wildman–Crippen LogP) is 2.95. The van der Waals surface area contributed by atoms with Crippen LogP contribution in [-0.4, -0.2) is 29.8 Å². The van der Waals surface area contributed by atoms with Crippen LogP contribution in [0.25, 0.3) is 0 Å². The Hall–Kier alpha value is -1.49. The molecule has 0 spiro atoms. The van der Waals surface area contributed by atoms with E-state index in [9.17, 15) is 9.59 Å². The molecule has 1 atom stereocenters. The molecule has 1 aromatic rings. The topological polar surface area (TPSA) is 66.4 Å². The minimum atomic E-state index is -0.827. The lowest BCUT2D eigenvalue weighted by molar-refractivity contribution is -0.138. The fraction of sp³-hybridized carbons (Fsp3) is 0.467. The van der Waals surface area contributed by atoms with Gasteiger partial charge in [-0.1, -0.05) is 19.4 Å². The van der Waals surface area contributed by atoms with Gasteiger partial charge in [0, 0.05) is 23.4 Å². The molecular weight excluding hydrogens is 274 g/mol. The van der Waals surface area contributed by atoms with Crippen LogP contribution in [-0.2, 0) is 4.79 Å². The lowest BCUT2D eigenvalue weighted by atomic mass is 10.0. The normalized spacial score (nSPS) is 11.9. The maximum absolute atomic E-state index is 12.2. The van der Waals surface area contributed by atoms with Gasteiger partial charge in [-0.25, -0.2) is 0 Å². The summed E-state index contributed by atoms with van der Waals surface area (Å²) in [7, 11) is 0. The number of hydrogen-bond acceptors (Lipinski definition) is 3. The highest BCUT2D eigenvalue weighted by atomic mass is 32.2. The average Bonchev–Trinajstić information content (AvgIpc) is 2.43. The summed E-state index contributed by atoms with van der Waals surface area (Å²) >= 11 is 1.59. The molecule has 20 heavy (non-hydrogen) atoms. The van der Waals surface area contributed by atoms with Crippen molar-refractivity contribution in [3.8, 4) is 0 Å². The van der Waals surface area contributed by atoms with Gasteiger partial charge in [0.05, 0.1) is 0 Å². The molecule has 0 aromatic heterocycles. The third-order valence-electron chi connectivity index (χ3n) is 3.28. The Balaban J connectivity index is 2.68. The van der Waals surface area contributed by atoms with Crippen molar-refractivity contribution in [1.82, 2.24) is 5.32 Å². The van der Waals surface area contributed by atoms with E-state index in [0.29, 0.717) is 12.1 Å². The molecule has 5 heteroatoms. The van der Waals surface area contributed by atoms with E-state index >= 15 is 0 Å². The van der Waals surface area contributed by atoms with Crippen LogP contribution < -0.4 is 5.32 Å². The van der Waals surface area contributed by atoms with E-state index in [-0.39, 0.29) is 18.2 Å². The Morgan fingerprint density at radius 1 is 1.40 bits per heavy atom. The van der Waals surface area contributed by atoms with Crippen LogP contribution in [0.3, 0.4) is 0 Å². The summed E-state index contributed by atoms with van der Waals surface area (Å²) in [4.78, 5) is 23.9. The highest BCUT2D eigenvalue weighted by Gasteiger charge is 2.14. The Morgan fingerprint density at radius 3 is 2.65 bits per heavy atom. The molecule has 0 radical (unpaired) electrons. The first-order valence-corrected chi connectivity index (χ1v) is 7.85. The third kappa shape index (κ3) is 4.89. The van der Waals surface area contributed by atoms with E-state index in [1.54, 1.807) is 11.8 Å². The lowest BCUT2D eigenvalue weighted by Gasteiger charge is -2.14. The molecular formula is C15H21NO3S. The van der Waals surface area contributed by atoms with Gasteiger partial charge in [0.25, 0.3) is 5.91 Å². The van der Waals surface area contributed by atoms with Crippen LogP contribution in [0, 0.1) is 12.8 Å². The van der Waals surface area contributed by atoms with Crippen LogP contribution in [0.2, 0.25) is 0 Å². The van der Waals surface area contributed by atoms with Gasteiger partial charge in [-0.05, 0) is 36.8 Å². The molecule has 1 rings (SSSR count). The zero-order valence-electron chi connectivity index (χ0n) is 12.1. The number of carboxylic acid groups (broad SMARTS) is 1. The van der Waals surface area contributed by atoms with Crippen molar-refractivity contribution in [2.45, 2.75) is 31.6 Å². The average molecular weight is 295 g/mol. The second-order valence-electron chi connectivity index (χ2n) is 4.76. The van der Waals surface area contributed by atoms with Crippen molar-refractivity contribution in [2.75, 3.05) is 12.8 Å². The summed E-state index contributed by atoms with van der Waals surface area (Å²) in [5.74, 6) is -0.991. The second kappa shape index (κ2) is 7.94. The number of benzene rings is 1. The van der Waals surface area contributed by atoms with Gasteiger partial charge in [-0.3, -0.25) is 9.59 Å². The third-order valence-corrected chi connectivity index (χ3v) is 4.01. The maximum Gasteiger partial charge on any atom is 0.303 e. The van der Waals surface area contributed by atoms with Crippen LogP contribution in [0.5, 0.6) is 0 Å². The molecule has 0 bridgehead atoms. The van der Waals surface area contributed by atoms with Crippen LogP contribution in [0.1, 0.15) is 35.7 Å². The fourth-order valence-corrected chi connectivity index (χ4v) is 2.35. The summed E-state index contributed by atoms with van der Waals surface area (Å²) < 4.78 is 0. The summed E-state index contributed by atoms with van der Waals surface area (Å²) in [5, 5.41) is 11.6. The highest BCUT2D eigenvalue weighted by molar-refractivity contribution is 7.98. The van der Waals surface area contributed by atoms with Gasteiger partial charge in [-0.15, -0.1) is 11.8 Å². The number of aryl methyl sites for hydroxylation is 1. The van der Waals surface area contributed by atoms with Crippen molar-refractivity contribution in [1.29, 1.82) is 0 Å². The molecule has 0 aliphatic rings. The molecule has 1 aromatic carbocycles. The first-order valence-electron chi connectivity index (χ1n) is 6.62. The standard InChI is InChI=1S/C15H21NO3S/c1-4-11(7-14(17)18)9-16-15(19)13-8-12(20-3)6-5-10(13)2/h5-6,8,11H,4,7,9H2,1-3H3,(H,16,19)(H,17,18). The van der Waals surface area contributed by atoms with Crippen molar-refractivity contribution in [3.05, 3.63) is 29.3 Å². The van der Waals surface area contributed by atoms with Gasteiger partial charge in [0.2, 0.25) is 0 Å². The molecule has 4 nitrogen and oxygen atoms in total. The minimum absolute atomic E-state index is 0.0273. The minimum Gasteiger partial charge on any atom is -0.481 e. The molecule has 0 saturated carbocycles. The Kier molecular flexibility index (Phi) is 6.58. The monoisotopic (exact) mass is 295 g/mol. The Labute approximate surface area is 124 Å². The van der Waals surface area contributed by atoms with E-state index in [4.69, 9.17) is 5.11 Å². The molecule has 0 fully saturated rings. The summed E-state index contributed by atoms with van der Waals surface area (Å²) in [6, 6.07) is 5.78. The number of carbonyl (C=O) groups is 2. The number of rotatable bonds is 7. The number of hydrogen-bond donors (Lipinski definition) is 2. The molecule has 1 unspecified atom stereocenters. The van der Waals surface area contributed by atoms with Crippen molar-refractivity contribution in [2.24, 2.45) is 5.92 Å². The van der Waals surface area contributed by atoms with Crippen LogP contribution >= 0.6 is 11.8 Å². The van der Waals surface area contributed by atoms with E-state index < -0.39 is 5.97 Å². The van der Waals surface area contributed by atoms with Gasteiger partial charge < -0.3 is 10.4 Å². The van der Waals surface area contributed by atoms with Gasteiger partial charge >= 0.3 is 5.97 Å². The van der Waals surface area contributed by atoms with Crippen molar-refractivity contribution >= 4 is 23.6 Å². The number of amides is 1. The molecule has 1 amide bonds. The summed E-state index contributed by atoms with van der Waals surface area (Å²) in [6.07, 6.45) is 2.78. The first-order chi connectivity index (χ1) is 9.47. The molecule has 0 aliphatic heterocycles. The highest BCUT2D eigenvalue weighted by Crippen LogP contribution is 2.19. The Bertz CT molecular complexity index is 488. The SMILES string of the molecule is CCC(CNC(=O)c1cc(SC)ccc1C)CC(=O)O. The largest absolute Gasteiger partial charge is 0.481 e. The van der Waals surface area contributed by atoms with Crippen LogP contribution in [0.4, 0.5) is 0 Å². The number of nitrogens with one attached hydrogen (secondary N) is 1. The number of carboxylic acids is 1. The smallest absolute Gasteiger partial charge is 0.303 e. The predicted molar refractivity (Wildman–Crippen MR) is 81.3 cm³/mol. The first kappa shape index (κ1) is 16.6. The van der Waals surface area contributed by atoms with E-state index in [2.05, 4.69) is 5.32 Å². The number of aliphatic carboxylic acids is 1. The molecule has 0 aliphatic carbocycles. The van der Waals surface area contributed by atoms with E-state index in [1.807, 2.05) is 38.3 Å². The number of carbonyl (C=O) groups excluding carboxylic acids is 1. The zero-order valence-corrected chi connectivity index (χ0v) is 12.9. The van der Waals surface area contributed by atoms with E-state index in [0.717, 1.165) is 16.9 Å². The van der Waals surface area contributed by atoms with Crippen LogP contribution in [0.15, 0.2) is 23.1 Å². The summed E-state index contributed by atoms with van der Waals surface area (Å²) in [5.41, 5.74) is 1.58. The fourth-order valence-electron chi connectivity index (χ4n) is 1.91. The molecule has 0 heterocycles. The van der Waals surface area contributed by atoms with Crippen molar-refractivity contribution in [3.63, 3.8) is 0 Å². The summed E-state index contributed by atoms with van der Waals surface area (Å²) in [6.45, 7) is 4.22. The number of thioether (sulfide) groups is 1. The van der Waals surface area contributed by atoms with Gasteiger partial charge in [0.15, 0.2) is 0 Å². The maximum atomic E-state index is 12.2. The molecule has 110 valence electrons. The van der Waals surface area contributed by atoms with E-state index in [1.165, 1.54) is 0 Å². The zero-order chi connectivity index (χ0) is 15.1. The molecule has 2 N–H and O–H groups in total. The quantitative estimate of drug-likeness (QED) is 0.759. The lowest BCUT2D eigenvalue weighted by Crippen LogP contribution is -2.30. The Morgan fingerprint density at radius 2 is 2.10 bits per heavy atom. The molecule has 0 saturated heterocycles. The van der Waals surface area contributed by atoms with Crippen molar-refractivity contribution < 1.29 is 14.7 Å². The second-order valence-corrected chi connectivity index (χ2v) is 5.64. The van der Waals surface area contributed by atoms with Gasteiger partial charge in [-0.2, -0.15) is 0 Å².